The summed E-state index contributed by atoms with van der Waals surface area (Å²) in [5.41, 5.74) is 1.61. The maximum Gasteiger partial charge on any atom is 0.262 e. The van der Waals surface area contributed by atoms with Crippen LogP contribution < -0.4 is 10.3 Å². The Bertz CT molecular complexity index is 946. The van der Waals surface area contributed by atoms with Crippen molar-refractivity contribution < 1.29 is 9.13 Å². The number of aromatic nitrogens is 2. The summed E-state index contributed by atoms with van der Waals surface area (Å²) in [7, 11) is 1.53. The van der Waals surface area contributed by atoms with Gasteiger partial charge in [0.25, 0.3) is 5.56 Å². The highest BCUT2D eigenvalue weighted by molar-refractivity contribution is 7.18. The molecule has 2 aromatic heterocycles. The quantitative estimate of drug-likeness (QED) is 0.703. The molecule has 0 saturated heterocycles. The van der Waals surface area contributed by atoms with E-state index in [2.05, 4.69) is 11.9 Å². The predicted octanol–water partition coefficient (Wildman–Crippen LogP) is 3.91. The Balaban J connectivity index is 2.11. The number of rotatable bonds is 5. The van der Waals surface area contributed by atoms with E-state index in [0.29, 0.717) is 16.7 Å². The molecule has 3 aromatic rings. The number of nitrogens with zero attached hydrogens (tertiary/aromatic N) is 2. The number of benzene rings is 1. The average molecular weight is 346 g/mol. The first-order valence-corrected chi connectivity index (χ1v) is 8.66. The second-order valence-corrected chi connectivity index (χ2v) is 6.90. The summed E-state index contributed by atoms with van der Waals surface area (Å²) in [5, 5.41) is 0.692. The van der Waals surface area contributed by atoms with Gasteiger partial charge in [-0.3, -0.25) is 9.36 Å². The van der Waals surface area contributed by atoms with Gasteiger partial charge in [-0.15, -0.1) is 11.3 Å². The van der Waals surface area contributed by atoms with Gasteiger partial charge in [0.1, 0.15) is 16.4 Å². The highest BCUT2D eigenvalue weighted by atomic mass is 32.1. The highest BCUT2D eigenvalue weighted by Crippen LogP contribution is 2.28. The first kappa shape index (κ1) is 16.6. The van der Waals surface area contributed by atoms with Crippen LogP contribution in [-0.4, -0.2) is 16.7 Å². The lowest BCUT2D eigenvalue weighted by molar-refractivity contribution is 0.406. The summed E-state index contributed by atoms with van der Waals surface area (Å²) >= 11 is 1.55. The third-order valence-electron chi connectivity index (χ3n) is 4.06. The minimum absolute atomic E-state index is 0.0842. The number of fused-ring (bicyclic) bond motifs is 1. The van der Waals surface area contributed by atoms with E-state index in [9.17, 15) is 9.18 Å². The Morgan fingerprint density at radius 2 is 2.17 bits per heavy atom. The molecule has 6 heteroatoms. The standard InChI is InChI=1S/C18H19FN2O2S/c1-4-5-14-11(2)24-17-16(14)18(22)21(10-20-17)9-12-8-13(19)6-7-15(12)23-3/h6-8,10H,4-5,9H2,1-3H3. The third-order valence-corrected chi connectivity index (χ3v) is 5.12. The Kier molecular flexibility index (Phi) is 4.66. The zero-order chi connectivity index (χ0) is 17.3. The Morgan fingerprint density at radius 3 is 2.88 bits per heavy atom. The topological polar surface area (TPSA) is 44.1 Å². The fraction of sp³-hybridized carbons (Fsp3) is 0.333. The molecule has 0 aliphatic heterocycles. The summed E-state index contributed by atoms with van der Waals surface area (Å²) in [6.45, 7) is 4.34. The molecular formula is C18H19FN2O2S. The summed E-state index contributed by atoms with van der Waals surface area (Å²) in [5.74, 6) is 0.199. The number of methoxy groups -OCH3 is 1. The summed E-state index contributed by atoms with van der Waals surface area (Å²) < 4.78 is 20.3. The molecule has 0 fully saturated rings. The van der Waals surface area contributed by atoms with E-state index in [4.69, 9.17) is 4.74 Å². The fourth-order valence-corrected chi connectivity index (χ4v) is 3.94. The molecule has 0 atom stereocenters. The van der Waals surface area contributed by atoms with Crippen LogP contribution in [0, 0.1) is 12.7 Å². The van der Waals surface area contributed by atoms with Crippen molar-refractivity contribution in [3.8, 4) is 5.75 Å². The van der Waals surface area contributed by atoms with E-state index in [1.165, 1.54) is 30.1 Å². The van der Waals surface area contributed by atoms with Gasteiger partial charge in [0.15, 0.2) is 0 Å². The number of hydrogen-bond acceptors (Lipinski definition) is 4. The second kappa shape index (κ2) is 6.73. The zero-order valence-electron chi connectivity index (χ0n) is 13.9. The van der Waals surface area contributed by atoms with Crippen molar-refractivity contribution >= 4 is 21.6 Å². The molecule has 2 heterocycles. The lowest BCUT2D eigenvalue weighted by Crippen LogP contribution is -2.21. The van der Waals surface area contributed by atoms with Crippen LogP contribution in [0.4, 0.5) is 4.39 Å². The molecule has 0 radical (unpaired) electrons. The van der Waals surface area contributed by atoms with Crippen LogP contribution >= 0.6 is 11.3 Å². The number of hydrogen-bond donors (Lipinski definition) is 0. The van der Waals surface area contributed by atoms with Gasteiger partial charge in [0.05, 0.1) is 25.4 Å². The monoisotopic (exact) mass is 346 g/mol. The number of ether oxygens (including phenoxy) is 1. The molecule has 0 aliphatic carbocycles. The molecule has 0 aliphatic rings. The maximum atomic E-state index is 13.6. The molecule has 0 N–H and O–H groups in total. The van der Waals surface area contributed by atoms with Crippen LogP contribution in [0.3, 0.4) is 0 Å². The third kappa shape index (κ3) is 2.94. The minimum atomic E-state index is -0.356. The Labute approximate surface area is 143 Å². The van der Waals surface area contributed by atoms with Gasteiger partial charge in [0, 0.05) is 10.4 Å². The zero-order valence-corrected chi connectivity index (χ0v) is 14.7. The van der Waals surface area contributed by atoms with Crippen LogP contribution in [0.1, 0.15) is 29.3 Å². The number of halogens is 1. The molecule has 0 amide bonds. The average Bonchev–Trinajstić information content (AvgIpc) is 2.87. The molecule has 1 aromatic carbocycles. The van der Waals surface area contributed by atoms with E-state index >= 15 is 0 Å². The second-order valence-electron chi connectivity index (χ2n) is 5.70. The van der Waals surface area contributed by atoms with Crippen LogP contribution in [-0.2, 0) is 13.0 Å². The molecular weight excluding hydrogens is 327 g/mol. The largest absolute Gasteiger partial charge is 0.496 e. The van der Waals surface area contributed by atoms with E-state index in [-0.39, 0.29) is 17.9 Å². The fourth-order valence-electron chi connectivity index (χ4n) is 2.91. The smallest absolute Gasteiger partial charge is 0.262 e. The van der Waals surface area contributed by atoms with Crippen LogP contribution in [0.5, 0.6) is 5.75 Å². The van der Waals surface area contributed by atoms with Crippen LogP contribution in [0.25, 0.3) is 10.2 Å². The van der Waals surface area contributed by atoms with Crippen LogP contribution in [0.15, 0.2) is 29.3 Å². The van der Waals surface area contributed by atoms with E-state index in [1.807, 2.05) is 6.92 Å². The van der Waals surface area contributed by atoms with Crippen molar-refractivity contribution in [2.75, 3.05) is 7.11 Å². The minimum Gasteiger partial charge on any atom is -0.496 e. The maximum absolute atomic E-state index is 13.6. The van der Waals surface area contributed by atoms with Crippen molar-refractivity contribution in [1.82, 2.24) is 9.55 Å². The lowest BCUT2D eigenvalue weighted by Gasteiger charge is -2.10. The van der Waals surface area contributed by atoms with Gasteiger partial charge >= 0.3 is 0 Å². The Morgan fingerprint density at radius 1 is 1.38 bits per heavy atom. The SMILES string of the molecule is CCCc1c(C)sc2ncn(Cc3cc(F)ccc3OC)c(=O)c12. The molecule has 0 bridgehead atoms. The van der Waals surface area contributed by atoms with Gasteiger partial charge in [-0.05, 0) is 37.1 Å². The van der Waals surface area contributed by atoms with Gasteiger partial charge < -0.3 is 4.74 Å². The first-order chi connectivity index (χ1) is 11.5. The molecule has 0 saturated carbocycles. The van der Waals surface area contributed by atoms with Crippen molar-refractivity contribution in [2.24, 2.45) is 0 Å². The van der Waals surface area contributed by atoms with E-state index in [1.54, 1.807) is 17.4 Å². The van der Waals surface area contributed by atoms with Crippen molar-refractivity contribution in [2.45, 2.75) is 33.2 Å². The highest BCUT2D eigenvalue weighted by Gasteiger charge is 2.15. The van der Waals surface area contributed by atoms with Gasteiger partial charge in [-0.2, -0.15) is 0 Å². The van der Waals surface area contributed by atoms with Gasteiger partial charge in [-0.25, -0.2) is 9.37 Å². The predicted molar refractivity (Wildman–Crippen MR) is 94.7 cm³/mol. The molecule has 0 unspecified atom stereocenters. The number of thiophene rings is 1. The molecule has 4 nitrogen and oxygen atoms in total. The van der Waals surface area contributed by atoms with Crippen molar-refractivity contribution in [3.63, 3.8) is 0 Å². The van der Waals surface area contributed by atoms with Crippen LogP contribution in [0.2, 0.25) is 0 Å². The summed E-state index contributed by atoms with van der Waals surface area (Å²) in [6.07, 6.45) is 3.36. The molecule has 24 heavy (non-hydrogen) atoms. The molecule has 0 spiro atoms. The Hall–Kier alpha value is -2.21. The molecule has 126 valence electrons. The summed E-state index contributed by atoms with van der Waals surface area (Å²) in [6, 6.07) is 4.30. The van der Waals surface area contributed by atoms with Gasteiger partial charge in [0.2, 0.25) is 0 Å². The van der Waals surface area contributed by atoms with Gasteiger partial charge in [-0.1, -0.05) is 13.3 Å². The summed E-state index contributed by atoms with van der Waals surface area (Å²) in [4.78, 5) is 19.3. The first-order valence-electron chi connectivity index (χ1n) is 7.85. The lowest BCUT2D eigenvalue weighted by atomic mass is 10.1. The van der Waals surface area contributed by atoms with Crippen molar-refractivity contribution in [3.05, 3.63) is 56.7 Å². The number of aryl methyl sites for hydroxylation is 2. The normalized spacial score (nSPS) is 11.2. The van der Waals surface area contributed by atoms with E-state index in [0.717, 1.165) is 28.1 Å². The van der Waals surface area contributed by atoms with Crippen molar-refractivity contribution in [1.29, 1.82) is 0 Å². The molecule has 3 rings (SSSR count). The van der Waals surface area contributed by atoms with E-state index < -0.39 is 0 Å².